The van der Waals surface area contributed by atoms with E-state index >= 15 is 0 Å². The zero-order chi connectivity index (χ0) is 19.1. The molecule has 0 aromatic heterocycles. The molecule has 0 saturated carbocycles. The van der Waals surface area contributed by atoms with Crippen molar-refractivity contribution in [2.75, 3.05) is 39.0 Å². The summed E-state index contributed by atoms with van der Waals surface area (Å²) in [5, 5.41) is 4.15. The lowest BCUT2D eigenvalue weighted by molar-refractivity contribution is -0.132. The van der Waals surface area contributed by atoms with Crippen LogP contribution in [0.4, 0.5) is 0 Å². The Morgan fingerprint density at radius 1 is 1.25 bits per heavy atom. The van der Waals surface area contributed by atoms with Crippen molar-refractivity contribution in [1.29, 1.82) is 0 Å². The molecule has 1 amide bonds. The van der Waals surface area contributed by atoms with Crippen LogP contribution in [0.1, 0.15) is 37.3 Å². The number of amides is 1. The Labute approximate surface area is 190 Å². The fourth-order valence-electron chi connectivity index (χ4n) is 3.80. The lowest BCUT2D eigenvalue weighted by Crippen LogP contribution is -2.48. The predicted octanol–water partition coefficient (Wildman–Crippen LogP) is 3.37. The fraction of sp³-hybridized carbons (Fsp3) is 0.619. The summed E-state index contributed by atoms with van der Waals surface area (Å²) < 4.78 is 0. The molecule has 28 heavy (non-hydrogen) atoms. The first kappa shape index (κ1) is 23.3. The first-order chi connectivity index (χ1) is 13.2. The van der Waals surface area contributed by atoms with Gasteiger partial charge < -0.3 is 15.1 Å². The quantitative estimate of drug-likeness (QED) is 0.282. The number of nitrogens with one attached hydrogen (secondary N) is 1. The van der Waals surface area contributed by atoms with Crippen molar-refractivity contribution in [3.63, 3.8) is 0 Å². The summed E-state index contributed by atoms with van der Waals surface area (Å²) in [6, 6.07) is 8.46. The van der Waals surface area contributed by atoms with Crippen molar-refractivity contribution in [3.8, 4) is 0 Å². The van der Waals surface area contributed by atoms with Crippen LogP contribution in [0.15, 0.2) is 29.3 Å². The van der Waals surface area contributed by atoms with Crippen molar-refractivity contribution >= 4 is 47.6 Å². The Kier molecular flexibility index (Phi) is 9.91. The molecule has 0 aliphatic carbocycles. The average molecular weight is 516 g/mol. The highest BCUT2D eigenvalue weighted by atomic mass is 127. The van der Waals surface area contributed by atoms with Crippen molar-refractivity contribution in [1.82, 2.24) is 15.1 Å². The largest absolute Gasteiger partial charge is 0.356 e. The highest BCUT2D eigenvalue weighted by Gasteiger charge is 2.22. The number of halogens is 1. The second kappa shape index (κ2) is 11.9. The molecule has 0 radical (unpaired) electrons. The molecular formula is C21H33IN4OS. The van der Waals surface area contributed by atoms with E-state index < -0.39 is 0 Å². The third-order valence-corrected chi connectivity index (χ3v) is 6.81. The van der Waals surface area contributed by atoms with Gasteiger partial charge in [-0.2, -0.15) is 11.8 Å². The number of guanidine groups is 1. The third-order valence-electron chi connectivity index (χ3n) is 5.44. The molecule has 1 saturated heterocycles. The second-order valence-corrected chi connectivity index (χ2v) is 8.67. The fourth-order valence-corrected chi connectivity index (χ4v) is 4.98. The van der Waals surface area contributed by atoms with Gasteiger partial charge in [0.25, 0.3) is 0 Å². The lowest BCUT2D eigenvalue weighted by Gasteiger charge is -2.34. The van der Waals surface area contributed by atoms with E-state index in [2.05, 4.69) is 58.2 Å². The summed E-state index contributed by atoms with van der Waals surface area (Å²) in [4.78, 5) is 21.4. The van der Waals surface area contributed by atoms with E-state index in [4.69, 9.17) is 0 Å². The van der Waals surface area contributed by atoms with Crippen LogP contribution in [0.25, 0.3) is 0 Å². The van der Waals surface area contributed by atoms with Crippen molar-refractivity contribution < 1.29 is 4.79 Å². The number of nitrogens with zero attached hydrogens (tertiary/aromatic N) is 3. The lowest BCUT2D eigenvalue weighted by atomic mass is 9.99. The van der Waals surface area contributed by atoms with E-state index in [1.165, 1.54) is 17.5 Å². The highest BCUT2D eigenvalue weighted by Crippen LogP contribution is 2.21. The standard InChI is InChI=1S/C21H32N4OS.HI/c1-3-19-16-25(13-14-27-19)21(22-2)23-11-6-9-20(26)24-12-10-17-7-4-5-8-18(17)15-24;/h4-5,7-8,19H,3,6,9-16H2,1-2H3,(H,22,23);1H. The number of aliphatic imine (C=N–C) groups is 1. The molecule has 1 unspecified atom stereocenters. The Bertz CT molecular complexity index is 670. The molecule has 1 atom stereocenters. The molecule has 156 valence electrons. The van der Waals surface area contributed by atoms with Gasteiger partial charge in [0.15, 0.2) is 5.96 Å². The molecule has 0 spiro atoms. The van der Waals surface area contributed by atoms with Gasteiger partial charge in [-0.05, 0) is 30.4 Å². The monoisotopic (exact) mass is 516 g/mol. The summed E-state index contributed by atoms with van der Waals surface area (Å²) in [5.41, 5.74) is 2.68. The zero-order valence-corrected chi connectivity index (χ0v) is 20.2. The summed E-state index contributed by atoms with van der Waals surface area (Å²) in [7, 11) is 1.85. The van der Waals surface area contributed by atoms with Gasteiger partial charge in [0.05, 0.1) is 0 Å². The number of hydrogen-bond acceptors (Lipinski definition) is 3. The molecule has 1 aromatic carbocycles. The van der Waals surface area contributed by atoms with Gasteiger partial charge in [0.1, 0.15) is 0 Å². The molecule has 1 N–H and O–H groups in total. The molecule has 7 heteroatoms. The maximum absolute atomic E-state index is 12.6. The Balaban J connectivity index is 0.00000280. The summed E-state index contributed by atoms with van der Waals surface area (Å²) in [5.74, 6) is 2.41. The minimum atomic E-state index is 0. The van der Waals surface area contributed by atoms with E-state index in [0.29, 0.717) is 11.7 Å². The molecule has 5 nitrogen and oxygen atoms in total. The SMILES string of the molecule is CCC1CN(C(=NC)NCCCC(=O)N2CCc3ccccc3C2)CCS1.I. The Morgan fingerprint density at radius 3 is 2.79 bits per heavy atom. The topological polar surface area (TPSA) is 47.9 Å². The van der Waals surface area contributed by atoms with E-state index in [1.54, 1.807) is 0 Å². The molecule has 2 aliphatic rings. The Morgan fingerprint density at radius 2 is 2.04 bits per heavy atom. The van der Waals surface area contributed by atoms with E-state index in [0.717, 1.165) is 57.3 Å². The van der Waals surface area contributed by atoms with Crippen LogP contribution < -0.4 is 5.32 Å². The minimum Gasteiger partial charge on any atom is -0.356 e. The van der Waals surface area contributed by atoms with Crippen LogP contribution in [0.3, 0.4) is 0 Å². The van der Waals surface area contributed by atoms with Gasteiger partial charge in [-0.1, -0.05) is 31.2 Å². The number of thioether (sulfide) groups is 1. The first-order valence-corrected chi connectivity index (χ1v) is 11.2. The van der Waals surface area contributed by atoms with Gasteiger partial charge in [0.2, 0.25) is 5.91 Å². The summed E-state index contributed by atoms with van der Waals surface area (Å²) >= 11 is 2.06. The molecule has 0 bridgehead atoms. The van der Waals surface area contributed by atoms with Crippen LogP contribution in [0, 0.1) is 0 Å². The molecular weight excluding hydrogens is 483 g/mol. The number of fused-ring (bicyclic) bond motifs is 1. The number of carbonyl (C=O) groups excluding carboxylic acids is 1. The van der Waals surface area contributed by atoms with Gasteiger partial charge in [-0.25, -0.2) is 0 Å². The van der Waals surface area contributed by atoms with E-state index in [9.17, 15) is 4.79 Å². The zero-order valence-electron chi connectivity index (χ0n) is 17.0. The van der Waals surface area contributed by atoms with E-state index in [1.807, 2.05) is 11.9 Å². The molecule has 2 heterocycles. The predicted molar refractivity (Wildman–Crippen MR) is 130 cm³/mol. The molecule has 2 aliphatic heterocycles. The number of carbonyl (C=O) groups is 1. The summed E-state index contributed by atoms with van der Waals surface area (Å²) in [6.45, 7) is 6.76. The van der Waals surface area contributed by atoms with Crippen LogP contribution >= 0.6 is 35.7 Å². The number of benzene rings is 1. The van der Waals surface area contributed by atoms with Gasteiger partial charge in [-0.15, -0.1) is 24.0 Å². The molecule has 3 rings (SSSR count). The van der Waals surface area contributed by atoms with Crippen molar-refractivity contribution in [2.24, 2.45) is 4.99 Å². The first-order valence-electron chi connectivity index (χ1n) is 10.1. The number of hydrogen-bond donors (Lipinski definition) is 1. The second-order valence-electron chi connectivity index (χ2n) is 7.26. The average Bonchev–Trinajstić information content (AvgIpc) is 2.73. The van der Waals surface area contributed by atoms with Crippen LogP contribution in [-0.2, 0) is 17.8 Å². The van der Waals surface area contributed by atoms with Gasteiger partial charge in [-0.3, -0.25) is 9.79 Å². The van der Waals surface area contributed by atoms with E-state index in [-0.39, 0.29) is 29.9 Å². The smallest absolute Gasteiger partial charge is 0.222 e. The number of rotatable bonds is 5. The van der Waals surface area contributed by atoms with Crippen LogP contribution in [0.5, 0.6) is 0 Å². The van der Waals surface area contributed by atoms with Gasteiger partial charge in [0, 0.05) is 57.2 Å². The van der Waals surface area contributed by atoms with Crippen LogP contribution in [0.2, 0.25) is 0 Å². The third kappa shape index (κ3) is 6.27. The normalized spacial score (nSPS) is 19.6. The highest BCUT2D eigenvalue weighted by molar-refractivity contribution is 14.0. The Hall–Kier alpha value is -0.960. The molecule has 1 aromatic rings. The van der Waals surface area contributed by atoms with Gasteiger partial charge >= 0.3 is 0 Å². The maximum Gasteiger partial charge on any atom is 0.222 e. The minimum absolute atomic E-state index is 0. The molecule has 1 fully saturated rings. The van der Waals surface area contributed by atoms with Crippen molar-refractivity contribution in [3.05, 3.63) is 35.4 Å². The summed E-state index contributed by atoms with van der Waals surface area (Å²) in [6.07, 6.45) is 3.61. The van der Waals surface area contributed by atoms with Crippen LogP contribution in [-0.4, -0.2) is 65.9 Å². The van der Waals surface area contributed by atoms with Crippen molar-refractivity contribution in [2.45, 2.75) is 44.4 Å². The maximum atomic E-state index is 12.6.